The summed E-state index contributed by atoms with van der Waals surface area (Å²) in [4.78, 5) is 13.2. The van der Waals surface area contributed by atoms with Crippen molar-refractivity contribution in [2.45, 2.75) is 125 Å². The number of carbonyl (C=O) groups is 1. The summed E-state index contributed by atoms with van der Waals surface area (Å²) in [5.41, 5.74) is 5.98. The van der Waals surface area contributed by atoms with E-state index in [0.29, 0.717) is 5.78 Å². The first-order valence-corrected chi connectivity index (χ1v) is 13.9. The van der Waals surface area contributed by atoms with E-state index in [2.05, 4.69) is 58.9 Å². The lowest BCUT2D eigenvalue weighted by Gasteiger charge is -2.56. The zero-order chi connectivity index (χ0) is 23.8. The molecule has 0 atom stereocenters. The van der Waals surface area contributed by atoms with E-state index in [4.69, 9.17) is 0 Å². The Morgan fingerprint density at radius 2 is 0.970 bits per heavy atom. The first kappa shape index (κ1) is 26.2. The van der Waals surface area contributed by atoms with Gasteiger partial charge in [-0.2, -0.15) is 0 Å². The van der Waals surface area contributed by atoms with E-state index < -0.39 is 0 Å². The molecule has 0 unspecified atom stereocenters. The second-order valence-corrected chi connectivity index (χ2v) is 12.2. The van der Waals surface area contributed by atoms with Crippen LogP contribution in [0.15, 0.2) is 46.6 Å². The molecule has 0 aromatic heterocycles. The van der Waals surface area contributed by atoms with Gasteiger partial charge in [0, 0.05) is 11.8 Å². The Morgan fingerprint density at radius 3 is 1.36 bits per heavy atom. The van der Waals surface area contributed by atoms with E-state index in [1.54, 1.807) is 0 Å². The molecule has 0 saturated heterocycles. The number of carbonyl (C=O) groups excluding carboxylic acids is 1. The van der Waals surface area contributed by atoms with Crippen LogP contribution in [0.5, 0.6) is 0 Å². The van der Waals surface area contributed by atoms with E-state index in [0.717, 1.165) is 49.9 Å². The predicted octanol–water partition coefficient (Wildman–Crippen LogP) is 9.70. The molecule has 0 aromatic rings. The van der Waals surface area contributed by atoms with Gasteiger partial charge < -0.3 is 0 Å². The van der Waals surface area contributed by atoms with Crippen molar-refractivity contribution in [3.63, 3.8) is 0 Å². The lowest BCUT2D eigenvalue weighted by atomic mass is 9.48. The van der Waals surface area contributed by atoms with Crippen molar-refractivity contribution >= 4 is 5.78 Å². The van der Waals surface area contributed by atoms with Gasteiger partial charge in [-0.3, -0.25) is 4.79 Å². The Bertz CT molecular complexity index is 748. The number of hydrogen-bond acceptors (Lipinski definition) is 1. The summed E-state index contributed by atoms with van der Waals surface area (Å²) in [5, 5.41) is 0. The lowest BCUT2D eigenvalue weighted by molar-refractivity contribution is -0.143. The lowest BCUT2D eigenvalue weighted by Crippen LogP contribution is -2.49. The average molecular weight is 451 g/mol. The molecular formula is C32H50O. The average Bonchev–Trinajstić information content (AvgIpc) is 2.72. The summed E-state index contributed by atoms with van der Waals surface area (Å²) < 4.78 is 0. The fourth-order valence-electron chi connectivity index (χ4n) is 7.15. The third-order valence-corrected chi connectivity index (χ3v) is 8.65. The molecule has 0 amide bonds. The normalized spacial score (nSPS) is 29.5. The van der Waals surface area contributed by atoms with Crippen LogP contribution in [0.1, 0.15) is 125 Å². The number of allylic oxidation sites excluding steroid dienone is 8. The van der Waals surface area contributed by atoms with E-state index in [9.17, 15) is 4.79 Å². The molecule has 4 fully saturated rings. The summed E-state index contributed by atoms with van der Waals surface area (Å²) in [6.45, 7) is 11.1. The van der Waals surface area contributed by atoms with Gasteiger partial charge >= 0.3 is 0 Å². The van der Waals surface area contributed by atoms with E-state index in [-0.39, 0.29) is 5.41 Å². The van der Waals surface area contributed by atoms with Crippen LogP contribution in [0, 0.1) is 23.2 Å². The van der Waals surface area contributed by atoms with Gasteiger partial charge in [-0.05, 0) is 136 Å². The molecule has 4 saturated carbocycles. The molecule has 4 aliphatic rings. The van der Waals surface area contributed by atoms with Crippen LogP contribution in [-0.4, -0.2) is 5.78 Å². The SMILES string of the molecule is CC(C)=CCC/C(C)=C/CC/C(C)=C/CC/C(C)=C/CCC(=O)C12CC3CC(CC(C3)C1)C2. The molecule has 184 valence electrons. The summed E-state index contributed by atoms with van der Waals surface area (Å²) in [5.74, 6) is 3.21. The monoisotopic (exact) mass is 450 g/mol. The predicted molar refractivity (Wildman–Crippen MR) is 143 cm³/mol. The highest BCUT2D eigenvalue weighted by Gasteiger charge is 2.53. The molecule has 0 aliphatic heterocycles. The number of rotatable bonds is 13. The maximum atomic E-state index is 13.2. The first-order valence-electron chi connectivity index (χ1n) is 13.9. The van der Waals surface area contributed by atoms with Gasteiger partial charge in [0.15, 0.2) is 0 Å². The molecule has 4 aliphatic carbocycles. The van der Waals surface area contributed by atoms with Crippen molar-refractivity contribution in [2.24, 2.45) is 23.2 Å². The molecular weight excluding hydrogens is 400 g/mol. The van der Waals surface area contributed by atoms with Gasteiger partial charge in [-0.25, -0.2) is 0 Å². The Kier molecular flexibility index (Phi) is 9.83. The van der Waals surface area contributed by atoms with Crippen molar-refractivity contribution in [1.29, 1.82) is 0 Å². The van der Waals surface area contributed by atoms with Gasteiger partial charge in [0.05, 0.1) is 0 Å². The smallest absolute Gasteiger partial charge is 0.139 e. The van der Waals surface area contributed by atoms with Crippen LogP contribution in [0.2, 0.25) is 0 Å². The van der Waals surface area contributed by atoms with Crippen molar-refractivity contribution in [2.75, 3.05) is 0 Å². The molecule has 33 heavy (non-hydrogen) atoms. The zero-order valence-corrected chi connectivity index (χ0v) is 22.3. The Labute approximate surface area is 204 Å². The fraction of sp³-hybridized carbons (Fsp3) is 0.719. The van der Waals surface area contributed by atoms with Gasteiger partial charge in [-0.1, -0.05) is 46.6 Å². The van der Waals surface area contributed by atoms with Crippen molar-refractivity contribution in [3.05, 3.63) is 46.6 Å². The molecule has 0 N–H and O–H groups in total. The minimum absolute atomic E-state index is 0.0921. The van der Waals surface area contributed by atoms with Gasteiger partial charge in [0.1, 0.15) is 5.78 Å². The molecule has 0 spiro atoms. The Balaban J connectivity index is 1.32. The highest BCUT2D eigenvalue weighted by atomic mass is 16.1. The molecule has 0 radical (unpaired) electrons. The van der Waals surface area contributed by atoms with Crippen molar-refractivity contribution < 1.29 is 4.79 Å². The molecule has 4 bridgehead atoms. The third kappa shape index (κ3) is 8.11. The van der Waals surface area contributed by atoms with Gasteiger partial charge in [0.2, 0.25) is 0 Å². The minimum atomic E-state index is 0.0921. The number of hydrogen-bond donors (Lipinski definition) is 0. The van der Waals surface area contributed by atoms with E-state index in [1.807, 2.05) is 0 Å². The topological polar surface area (TPSA) is 17.1 Å². The minimum Gasteiger partial charge on any atom is -0.299 e. The maximum absolute atomic E-state index is 13.2. The Morgan fingerprint density at radius 1 is 0.606 bits per heavy atom. The fourth-order valence-corrected chi connectivity index (χ4v) is 7.15. The second kappa shape index (κ2) is 12.4. The second-order valence-electron chi connectivity index (χ2n) is 12.2. The van der Waals surface area contributed by atoms with Crippen LogP contribution in [0.25, 0.3) is 0 Å². The summed E-state index contributed by atoms with van der Waals surface area (Å²) in [6, 6.07) is 0. The first-order chi connectivity index (χ1) is 15.8. The summed E-state index contributed by atoms with van der Waals surface area (Å²) in [7, 11) is 0. The molecule has 4 rings (SSSR count). The largest absolute Gasteiger partial charge is 0.299 e. The van der Waals surface area contributed by atoms with Gasteiger partial charge in [0.25, 0.3) is 0 Å². The van der Waals surface area contributed by atoms with Crippen LogP contribution in [0.4, 0.5) is 0 Å². The third-order valence-electron chi connectivity index (χ3n) is 8.65. The van der Waals surface area contributed by atoms with Crippen molar-refractivity contribution in [3.8, 4) is 0 Å². The molecule has 1 nitrogen and oxygen atoms in total. The van der Waals surface area contributed by atoms with Crippen LogP contribution in [0.3, 0.4) is 0 Å². The van der Waals surface area contributed by atoms with Crippen LogP contribution in [-0.2, 0) is 4.79 Å². The number of Topliss-reactive ketones (excluding diaryl/α,β-unsaturated/α-hetero) is 1. The quantitative estimate of drug-likeness (QED) is 0.255. The van der Waals surface area contributed by atoms with Crippen LogP contribution < -0.4 is 0 Å². The van der Waals surface area contributed by atoms with Crippen LogP contribution >= 0.6 is 0 Å². The zero-order valence-electron chi connectivity index (χ0n) is 22.3. The van der Waals surface area contributed by atoms with Gasteiger partial charge in [-0.15, -0.1) is 0 Å². The maximum Gasteiger partial charge on any atom is 0.139 e. The molecule has 1 heteroatoms. The van der Waals surface area contributed by atoms with Crippen molar-refractivity contribution in [1.82, 2.24) is 0 Å². The van der Waals surface area contributed by atoms with E-state index in [1.165, 1.54) is 80.1 Å². The standard InChI is InChI=1S/C32H50O/c1-24(2)10-6-11-25(3)12-7-13-26(4)14-8-15-27(5)16-9-17-31(33)32-21-28-18-29(22-32)20-30(19-28)23-32/h10,12,14,16,28-30H,6-9,11,13,15,17-23H2,1-5H3/b25-12+,26-14+,27-16+. The summed E-state index contributed by atoms with van der Waals surface area (Å²) >= 11 is 0. The summed E-state index contributed by atoms with van der Waals surface area (Å²) in [6.07, 6.45) is 26.1. The highest BCUT2D eigenvalue weighted by Crippen LogP contribution is 2.60. The molecule has 0 aromatic carbocycles. The molecule has 0 heterocycles. The number of ketones is 1. The van der Waals surface area contributed by atoms with E-state index >= 15 is 0 Å². The highest BCUT2D eigenvalue weighted by molar-refractivity contribution is 5.85. The Hall–Kier alpha value is -1.37.